The molecule has 1 aromatic carbocycles. The van der Waals surface area contributed by atoms with Gasteiger partial charge in [0.1, 0.15) is 6.10 Å². The van der Waals surface area contributed by atoms with E-state index in [1.165, 1.54) is 0 Å². The van der Waals surface area contributed by atoms with Gasteiger partial charge in [0.05, 0.1) is 6.10 Å². The van der Waals surface area contributed by atoms with E-state index in [4.69, 9.17) is 23.2 Å². The van der Waals surface area contributed by atoms with Gasteiger partial charge >= 0.3 is 0 Å². The van der Waals surface area contributed by atoms with Gasteiger partial charge in [0, 0.05) is 15.6 Å². The van der Waals surface area contributed by atoms with Crippen LogP contribution in [0.5, 0.6) is 0 Å². The van der Waals surface area contributed by atoms with Gasteiger partial charge in [0.25, 0.3) is 0 Å². The normalized spacial score (nSPS) is 26.0. The lowest BCUT2D eigenvalue weighted by Crippen LogP contribution is -2.25. The van der Waals surface area contributed by atoms with Gasteiger partial charge in [-0.15, -0.1) is 0 Å². The van der Waals surface area contributed by atoms with Crippen molar-refractivity contribution in [3.8, 4) is 0 Å². The molecule has 14 heavy (non-hydrogen) atoms. The molecule has 4 heteroatoms. The smallest absolute Gasteiger partial charge is 0.107 e. The highest BCUT2D eigenvalue weighted by Crippen LogP contribution is 2.38. The molecular formula is C10H10Cl2O2. The molecule has 1 aliphatic rings. The molecule has 76 valence electrons. The Morgan fingerprint density at radius 3 is 2.50 bits per heavy atom. The fourth-order valence-corrected chi connectivity index (χ4v) is 2.37. The highest BCUT2D eigenvalue weighted by Gasteiger charge is 2.29. The number of halogens is 2. The Morgan fingerprint density at radius 1 is 1.14 bits per heavy atom. The summed E-state index contributed by atoms with van der Waals surface area (Å²) in [6, 6.07) is 3.36. The van der Waals surface area contributed by atoms with Crippen LogP contribution in [0.2, 0.25) is 10.0 Å². The second-order valence-electron chi connectivity index (χ2n) is 3.47. The molecule has 2 unspecified atom stereocenters. The SMILES string of the molecule is OC1CCc2c(Cl)ccc(Cl)c2C1O. The number of rotatable bonds is 0. The number of aliphatic hydroxyl groups is 2. The molecule has 0 aliphatic heterocycles. The molecule has 0 amide bonds. The van der Waals surface area contributed by atoms with Crippen molar-refractivity contribution in [3.05, 3.63) is 33.3 Å². The summed E-state index contributed by atoms with van der Waals surface area (Å²) in [6.07, 6.45) is -0.468. The predicted molar refractivity (Wildman–Crippen MR) is 55.7 cm³/mol. The number of aliphatic hydroxyl groups excluding tert-OH is 2. The Balaban J connectivity index is 2.58. The maximum absolute atomic E-state index is 9.74. The molecule has 0 fully saturated rings. The summed E-state index contributed by atoms with van der Waals surface area (Å²) >= 11 is 11.9. The minimum atomic E-state index is -0.912. The van der Waals surface area contributed by atoms with Crippen molar-refractivity contribution in [3.63, 3.8) is 0 Å². The van der Waals surface area contributed by atoms with Crippen LogP contribution in [0.3, 0.4) is 0 Å². The van der Waals surface area contributed by atoms with Crippen LogP contribution in [0.4, 0.5) is 0 Å². The van der Waals surface area contributed by atoms with Gasteiger partial charge < -0.3 is 10.2 Å². The van der Waals surface area contributed by atoms with Crippen LogP contribution in [0, 0.1) is 0 Å². The first-order valence-corrected chi connectivity index (χ1v) is 5.19. The van der Waals surface area contributed by atoms with E-state index >= 15 is 0 Å². The fraction of sp³-hybridized carbons (Fsp3) is 0.400. The number of fused-ring (bicyclic) bond motifs is 1. The Hall–Kier alpha value is -0.280. The predicted octanol–water partition coefficient (Wildman–Crippen LogP) is 2.33. The molecule has 2 nitrogen and oxygen atoms in total. The van der Waals surface area contributed by atoms with E-state index in [1.807, 2.05) is 0 Å². The maximum atomic E-state index is 9.74. The highest BCUT2D eigenvalue weighted by molar-refractivity contribution is 6.34. The lowest BCUT2D eigenvalue weighted by Gasteiger charge is -2.27. The third-order valence-electron chi connectivity index (χ3n) is 2.60. The molecule has 0 radical (unpaired) electrons. The standard InChI is InChI=1S/C10H10Cl2O2/c11-6-2-3-7(12)9-5(6)1-4-8(13)10(9)14/h2-3,8,10,13-14H,1,4H2. The van der Waals surface area contributed by atoms with Gasteiger partial charge in [-0.05, 0) is 30.5 Å². The maximum Gasteiger partial charge on any atom is 0.107 e. The monoisotopic (exact) mass is 232 g/mol. The van der Waals surface area contributed by atoms with E-state index < -0.39 is 12.2 Å². The molecule has 1 aliphatic carbocycles. The second-order valence-corrected chi connectivity index (χ2v) is 4.29. The van der Waals surface area contributed by atoms with Gasteiger partial charge in [-0.25, -0.2) is 0 Å². The van der Waals surface area contributed by atoms with Crippen molar-refractivity contribution in [1.82, 2.24) is 0 Å². The molecule has 0 spiro atoms. The van der Waals surface area contributed by atoms with Crippen molar-refractivity contribution in [2.24, 2.45) is 0 Å². The molecule has 0 saturated carbocycles. The topological polar surface area (TPSA) is 40.5 Å². The molecule has 1 aromatic rings. The third-order valence-corrected chi connectivity index (χ3v) is 3.28. The molecule has 2 atom stereocenters. The fourth-order valence-electron chi connectivity index (χ4n) is 1.83. The molecule has 0 heterocycles. The van der Waals surface area contributed by atoms with Crippen molar-refractivity contribution in [1.29, 1.82) is 0 Å². The summed E-state index contributed by atoms with van der Waals surface area (Å²) in [5.41, 5.74) is 1.44. The van der Waals surface area contributed by atoms with Crippen LogP contribution in [0.15, 0.2) is 12.1 Å². The Morgan fingerprint density at radius 2 is 1.79 bits per heavy atom. The molecule has 0 aromatic heterocycles. The van der Waals surface area contributed by atoms with E-state index in [0.717, 1.165) is 5.56 Å². The minimum absolute atomic E-state index is 0.468. The van der Waals surface area contributed by atoms with Gasteiger partial charge in [0.2, 0.25) is 0 Å². The number of hydrogen-bond donors (Lipinski definition) is 2. The lowest BCUT2D eigenvalue weighted by molar-refractivity contribution is 0.00658. The summed E-state index contributed by atoms with van der Waals surface area (Å²) in [7, 11) is 0. The third kappa shape index (κ3) is 1.52. The van der Waals surface area contributed by atoms with Gasteiger partial charge in [0.15, 0.2) is 0 Å². The van der Waals surface area contributed by atoms with Crippen molar-refractivity contribution in [2.75, 3.05) is 0 Å². The van der Waals surface area contributed by atoms with Crippen molar-refractivity contribution < 1.29 is 10.2 Å². The Bertz CT molecular complexity index is 365. The zero-order valence-corrected chi connectivity index (χ0v) is 8.89. The van der Waals surface area contributed by atoms with Crippen LogP contribution < -0.4 is 0 Å². The first-order valence-electron chi connectivity index (χ1n) is 4.44. The highest BCUT2D eigenvalue weighted by atomic mass is 35.5. The van der Waals surface area contributed by atoms with Crippen LogP contribution in [0.25, 0.3) is 0 Å². The summed E-state index contributed by atoms with van der Waals surface area (Å²) in [6.45, 7) is 0. The van der Waals surface area contributed by atoms with E-state index in [-0.39, 0.29) is 0 Å². The Kier molecular flexibility index (Phi) is 2.71. The summed E-state index contributed by atoms with van der Waals surface area (Å²) in [5.74, 6) is 0. The zero-order chi connectivity index (χ0) is 10.3. The second kappa shape index (κ2) is 3.70. The molecule has 2 N–H and O–H groups in total. The van der Waals surface area contributed by atoms with Crippen molar-refractivity contribution >= 4 is 23.2 Å². The van der Waals surface area contributed by atoms with Gasteiger partial charge in [-0.1, -0.05) is 23.2 Å². The van der Waals surface area contributed by atoms with Gasteiger partial charge in [-0.2, -0.15) is 0 Å². The van der Waals surface area contributed by atoms with Gasteiger partial charge in [-0.3, -0.25) is 0 Å². The quantitative estimate of drug-likeness (QED) is 0.721. The first-order chi connectivity index (χ1) is 6.61. The minimum Gasteiger partial charge on any atom is -0.390 e. The molecule has 2 rings (SSSR count). The molecular weight excluding hydrogens is 223 g/mol. The van der Waals surface area contributed by atoms with E-state index in [1.54, 1.807) is 12.1 Å². The van der Waals surface area contributed by atoms with Crippen LogP contribution in [-0.2, 0) is 6.42 Å². The van der Waals surface area contributed by atoms with Crippen LogP contribution >= 0.6 is 23.2 Å². The van der Waals surface area contributed by atoms with E-state index in [0.29, 0.717) is 28.5 Å². The zero-order valence-electron chi connectivity index (χ0n) is 7.37. The average Bonchev–Trinajstić information content (AvgIpc) is 2.16. The largest absolute Gasteiger partial charge is 0.390 e. The number of benzene rings is 1. The first kappa shape index (κ1) is 10.2. The molecule has 0 bridgehead atoms. The van der Waals surface area contributed by atoms with Crippen LogP contribution in [-0.4, -0.2) is 16.3 Å². The van der Waals surface area contributed by atoms with Crippen molar-refractivity contribution in [2.45, 2.75) is 25.0 Å². The average molecular weight is 233 g/mol. The van der Waals surface area contributed by atoms with E-state index in [2.05, 4.69) is 0 Å². The molecule has 0 saturated heterocycles. The summed E-state index contributed by atoms with van der Waals surface area (Å²) < 4.78 is 0. The summed E-state index contributed by atoms with van der Waals surface area (Å²) in [4.78, 5) is 0. The number of hydrogen-bond acceptors (Lipinski definition) is 2. The van der Waals surface area contributed by atoms with E-state index in [9.17, 15) is 10.2 Å². The lowest BCUT2D eigenvalue weighted by atomic mass is 9.87. The van der Waals surface area contributed by atoms with Crippen LogP contribution in [0.1, 0.15) is 23.7 Å². The summed E-state index contributed by atoms with van der Waals surface area (Å²) in [5, 5.41) is 20.3. The Labute approximate surface area is 92.1 Å².